The fraction of sp³-hybridized carbons (Fsp3) is 0.500. The molecule has 0 aromatic heterocycles. The molecule has 0 bridgehead atoms. The highest BCUT2D eigenvalue weighted by Gasteiger charge is 2.11. The van der Waals surface area contributed by atoms with Gasteiger partial charge in [-0.1, -0.05) is 6.42 Å². The second-order valence-corrected chi connectivity index (χ2v) is 4.66. The number of hydrogen-bond donors (Lipinski definition) is 1. The molecule has 0 unspecified atom stereocenters. The third kappa shape index (κ3) is 3.74. The van der Waals surface area contributed by atoms with E-state index >= 15 is 0 Å². The average Bonchev–Trinajstić information content (AvgIpc) is 2.40. The van der Waals surface area contributed by atoms with Gasteiger partial charge in [-0.05, 0) is 50.2 Å². The van der Waals surface area contributed by atoms with Crippen molar-refractivity contribution >= 4 is 11.7 Å². The molecule has 0 amide bonds. The van der Waals surface area contributed by atoms with Gasteiger partial charge in [0, 0.05) is 12.2 Å². The highest BCUT2D eigenvalue weighted by Crippen LogP contribution is 2.09. The smallest absolute Gasteiger partial charge is 0.338 e. The molecule has 1 aliphatic heterocycles. The van der Waals surface area contributed by atoms with Crippen molar-refractivity contribution in [1.82, 2.24) is 4.90 Å². The summed E-state index contributed by atoms with van der Waals surface area (Å²) in [6, 6.07) is 6.81. The Morgan fingerprint density at radius 2 is 1.83 bits per heavy atom. The van der Waals surface area contributed by atoms with E-state index in [-0.39, 0.29) is 5.97 Å². The summed E-state index contributed by atoms with van der Waals surface area (Å²) in [5.74, 6) is -0.271. The van der Waals surface area contributed by atoms with Crippen LogP contribution in [0.3, 0.4) is 0 Å². The first-order chi connectivity index (χ1) is 8.75. The number of ether oxygens (including phenoxy) is 1. The fourth-order valence-electron chi connectivity index (χ4n) is 2.15. The van der Waals surface area contributed by atoms with Crippen LogP contribution in [0.5, 0.6) is 0 Å². The van der Waals surface area contributed by atoms with E-state index in [0.29, 0.717) is 17.9 Å². The first kappa shape index (κ1) is 12.9. The van der Waals surface area contributed by atoms with E-state index in [4.69, 9.17) is 10.5 Å². The van der Waals surface area contributed by atoms with Crippen molar-refractivity contribution in [2.75, 3.05) is 32.0 Å². The molecular formula is C14H20N2O2. The maximum atomic E-state index is 11.7. The van der Waals surface area contributed by atoms with Crippen molar-refractivity contribution in [1.29, 1.82) is 0 Å². The van der Waals surface area contributed by atoms with Crippen LogP contribution in [0.1, 0.15) is 29.6 Å². The fourth-order valence-corrected chi connectivity index (χ4v) is 2.15. The highest BCUT2D eigenvalue weighted by molar-refractivity contribution is 5.89. The predicted molar refractivity (Wildman–Crippen MR) is 71.4 cm³/mol. The van der Waals surface area contributed by atoms with Crippen LogP contribution in [0.25, 0.3) is 0 Å². The third-order valence-corrected chi connectivity index (χ3v) is 3.24. The summed E-state index contributed by atoms with van der Waals surface area (Å²) in [5.41, 5.74) is 6.78. The molecule has 0 saturated carbocycles. The van der Waals surface area contributed by atoms with Gasteiger partial charge in [-0.25, -0.2) is 4.79 Å². The maximum absolute atomic E-state index is 11.7. The van der Waals surface area contributed by atoms with Crippen LogP contribution in [-0.2, 0) is 4.74 Å². The second-order valence-electron chi connectivity index (χ2n) is 4.66. The van der Waals surface area contributed by atoms with Crippen molar-refractivity contribution in [2.45, 2.75) is 19.3 Å². The van der Waals surface area contributed by atoms with E-state index < -0.39 is 0 Å². The normalized spacial score (nSPS) is 16.4. The molecule has 1 aromatic rings. The Balaban J connectivity index is 1.72. The molecule has 0 radical (unpaired) electrons. The number of carbonyl (C=O) groups is 1. The minimum Gasteiger partial charge on any atom is -0.461 e. The van der Waals surface area contributed by atoms with Gasteiger partial charge in [-0.15, -0.1) is 0 Å². The van der Waals surface area contributed by atoms with Gasteiger partial charge in [0.25, 0.3) is 0 Å². The van der Waals surface area contributed by atoms with Crippen LogP contribution >= 0.6 is 0 Å². The zero-order chi connectivity index (χ0) is 12.8. The summed E-state index contributed by atoms with van der Waals surface area (Å²) in [6.45, 7) is 3.54. The Bertz CT molecular complexity index is 383. The van der Waals surface area contributed by atoms with E-state index in [0.717, 1.165) is 19.6 Å². The van der Waals surface area contributed by atoms with Crippen LogP contribution in [0, 0.1) is 0 Å². The summed E-state index contributed by atoms with van der Waals surface area (Å²) in [5, 5.41) is 0. The van der Waals surface area contributed by atoms with Crippen molar-refractivity contribution in [3.8, 4) is 0 Å². The molecule has 18 heavy (non-hydrogen) atoms. The number of anilines is 1. The lowest BCUT2D eigenvalue weighted by Crippen LogP contribution is -2.33. The molecule has 1 heterocycles. The van der Waals surface area contributed by atoms with E-state index in [1.807, 2.05) is 0 Å². The summed E-state index contributed by atoms with van der Waals surface area (Å²) >= 11 is 0. The average molecular weight is 248 g/mol. The number of piperidine rings is 1. The molecule has 4 nitrogen and oxygen atoms in total. The van der Waals surface area contributed by atoms with Crippen LogP contribution in [0.4, 0.5) is 5.69 Å². The molecule has 2 N–H and O–H groups in total. The molecule has 0 spiro atoms. The van der Waals surface area contributed by atoms with E-state index in [1.165, 1.54) is 19.3 Å². The topological polar surface area (TPSA) is 55.6 Å². The Morgan fingerprint density at radius 1 is 1.17 bits per heavy atom. The molecule has 1 aliphatic rings. The number of rotatable bonds is 4. The molecule has 2 rings (SSSR count). The molecule has 1 fully saturated rings. The first-order valence-electron chi connectivity index (χ1n) is 6.51. The van der Waals surface area contributed by atoms with Crippen LogP contribution in [-0.4, -0.2) is 37.1 Å². The molecule has 0 atom stereocenters. The standard InChI is InChI=1S/C14H20N2O2/c15-13-6-4-12(5-7-13)14(17)18-11-10-16-8-2-1-3-9-16/h4-7H,1-3,8-11,15H2. The van der Waals surface area contributed by atoms with E-state index in [2.05, 4.69) is 4.90 Å². The summed E-state index contributed by atoms with van der Waals surface area (Å²) in [4.78, 5) is 14.1. The number of nitrogens with zero attached hydrogens (tertiary/aromatic N) is 1. The van der Waals surface area contributed by atoms with E-state index in [9.17, 15) is 4.79 Å². The lowest BCUT2D eigenvalue weighted by molar-refractivity contribution is 0.0452. The summed E-state index contributed by atoms with van der Waals surface area (Å²) in [7, 11) is 0. The van der Waals surface area contributed by atoms with Gasteiger partial charge in [-0.2, -0.15) is 0 Å². The minimum atomic E-state index is -0.271. The quantitative estimate of drug-likeness (QED) is 0.653. The molecule has 4 heteroatoms. The Hall–Kier alpha value is -1.55. The van der Waals surface area contributed by atoms with Gasteiger partial charge in [0.1, 0.15) is 6.61 Å². The largest absolute Gasteiger partial charge is 0.461 e. The second kappa shape index (κ2) is 6.40. The van der Waals surface area contributed by atoms with Crippen LogP contribution in [0.15, 0.2) is 24.3 Å². The highest BCUT2D eigenvalue weighted by atomic mass is 16.5. The van der Waals surface area contributed by atoms with Gasteiger partial charge < -0.3 is 10.5 Å². The molecule has 1 saturated heterocycles. The number of likely N-dealkylation sites (tertiary alicyclic amines) is 1. The third-order valence-electron chi connectivity index (χ3n) is 3.24. The van der Waals surface area contributed by atoms with Gasteiger partial charge in [-0.3, -0.25) is 4.90 Å². The van der Waals surface area contributed by atoms with E-state index in [1.54, 1.807) is 24.3 Å². The lowest BCUT2D eigenvalue weighted by Gasteiger charge is -2.25. The Morgan fingerprint density at radius 3 is 2.50 bits per heavy atom. The van der Waals surface area contributed by atoms with Crippen molar-refractivity contribution in [3.63, 3.8) is 0 Å². The number of benzene rings is 1. The predicted octanol–water partition coefficient (Wildman–Crippen LogP) is 1.91. The van der Waals surface area contributed by atoms with Crippen molar-refractivity contribution in [3.05, 3.63) is 29.8 Å². The summed E-state index contributed by atoms with van der Waals surface area (Å²) < 4.78 is 5.25. The number of hydrogen-bond acceptors (Lipinski definition) is 4. The number of esters is 1. The maximum Gasteiger partial charge on any atom is 0.338 e. The van der Waals surface area contributed by atoms with Gasteiger partial charge in [0.15, 0.2) is 0 Å². The molecular weight excluding hydrogens is 228 g/mol. The Labute approximate surface area is 108 Å². The molecule has 98 valence electrons. The van der Waals surface area contributed by atoms with Gasteiger partial charge in [0.2, 0.25) is 0 Å². The zero-order valence-corrected chi connectivity index (χ0v) is 10.6. The van der Waals surface area contributed by atoms with Crippen molar-refractivity contribution in [2.24, 2.45) is 0 Å². The number of carbonyl (C=O) groups excluding carboxylic acids is 1. The number of nitrogen functional groups attached to an aromatic ring is 1. The zero-order valence-electron chi connectivity index (χ0n) is 10.6. The first-order valence-corrected chi connectivity index (χ1v) is 6.51. The van der Waals surface area contributed by atoms with Crippen LogP contribution < -0.4 is 5.73 Å². The van der Waals surface area contributed by atoms with Gasteiger partial charge >= 0.3 is 5.97 Å². The van der Waals surface area contributed by atoms with Gasteiger partial charge in [0.05, 0.1) is 5.56 Å². The minimum absolute atomic E-state index is 0.271. The summed E-state index contributed by atoms with van der Waals surface area (Å²) in [6.07, 6.45) is 3.83. The molecule has 1 aromatic carbocycles. The SMILES string of the molecule is Nc1ccc(C(=O)OCCN2CCCCC2)cc1. The van der Waals surface area contributed by atoms with Crippen molar-refractivity contribution < 1.29 is 9.53 Å². The Kier molecular flexibility index (Phi) is 4.59. The lowest BCUT2D eigenvalue weighted by atomic mass is 10.1. The molecule has 0 aliphatic carbocycles. The number of nitrogens with two attached hydrogens (primary N) is 1. The van der Waals surface area contributed by atoms with Crippen LogP contribution in [0.2, 0.25) is 0 Å². The monoisotopic (exact) mass is 248 g/mol.